The summed E-state index contributed by atoms with van der Waals surface area (Å²) in [4.78, 5) is 23.0. The van der Waals surface area contributed by atoms with Crippen molar-refractivity contribution < 1.29 is 14.7 Å². The third-order valence-corrected chi connectivity index (χ3v) is 3.39. The number of carbonyl (C=O) groups is 2. The van der Waals surface area contributed by atoms with E-state index in [0.717, 1.165) is 5.56 Å². The van der Waals surface area contributed by atoms with E-state index in [-0.39, 0.29) is 11.5 Å². The van der Waals surface area contributed by atoms with Gasteiger partial charge in [-0.25, -0.2) is 4.79 Å². The van der Waals surface area contributed by atoms with Crippen LogP contribution >= 0.6 is 15.9 Å². The molecular formula is C15H12BrNO3. The van der Waals surface area contributed by atoms with E-state index in [9.17, 15) is 9.59 Å². The average Bonchev–Trinajstić information content (AvgIpc) is 2.38. The number of rotatable bonds is 3. The minimum Gasteiger partial charge on any atom is -0.478 e. The molecule has 5 heteroatoms. The quantitative estimate of drug-likeness (QED) is 0.899. The van der Waals surface area contributed by atoms with Gasteiger partial charge in [-0.1, -0.05) is 12.1 Å². The number of aryl methyl sites for hydroxylation is 1. The molecule has 2 aromatic rings. The predicted octanol–water partition coefficient (Wildman–Crippen LogP) is 3.71. The Morgan fingerprint density at radius 2 is 1.90 bits per heavy atom. The molecule has 0 atom stereocenters. The smallest absolute Gasteiger partial charge is 0.335 e. The van der Waals surface area contributed by atoms with E-state index in [1.54, 1.807) is 18.2 Å². The van der Waals surface area contributed by atoms with Crippen LogP contribution in [-0.2, 0) is 0 Å². The second-order valence-electron chi connectivity index (χ2n) is 4.32. The fourth-order valence-corrected chi connectivity index (χ4v) is 2.41. The Hall–Kier alpha value is -2.14. The van der Waals surface area contributed by atoms with Crippen molar-refractivity contribution in [3.8, 4) is 0 Å². The maximum Gasteiger partial charge on any atom is 0.335 e. The first kappa shape index (κ1) is 14.3. The van der Waals surface area contributed by atoms with E-state index in [2.05, 4.69) is 21.2 Å². The molecule has 0 aliphatic carbocycles. The van der Waals surface area contributed by atoms with Crippen LogP contribution in [0.1, 0.15) is 26.3 Å². The molecule has 0 fully saturated rings. The Morgan fingerprint density at radius 1 is 1.15 bits per heavy atom. The summed E-state index contributed by atoms with van der Waals surface area (Å²) in [6.45, 7) is 1.93. The standard InChI is InChI=1S/C15H12BrNO3/c1-9-5-6-12(13(16)7-9)14(18)17-11-4-2-3-10(8-11)15(19)20/h2-8H,1H3,(H,17,18)(H,19,20). The van der Waals surface area contributed by atoms with Gasteiger partial charge in [0.05, 0.1) is 11.1 Å². The van der Waals surface area contributed by atoms with Crippen LogP contribution in [0.3, 0.4) is 0 Å². The molecule has 0 radical (unpaired) electrons. The molecule has 2 aromatic carbocycles. The predicted molar refractivity (Wildman–Crippen MR) is 80.2 cm³/mol. The van der Waals surface area contributed by atoms with E-state index in [1.807, 2.05) is 19.1 Å². The number of benzene rings is 2. The number of hydrogen-bond acceptors (Lipinski definition) is 2. The van der Waals surface area contributed by atoms with Gasteiger partial charge < -0.3 is 10.4 Å². The monoisotopic (exact) mass is 333 g/mol. The van der Waals surface area contributed by atoms with Gasteiger partial charge in [0.2, 0.25) is 0 Å². The Kier molecular flexibility index (Phi) is 4.20. The van der Waals surface area contributed by atoms with Gasteiger partial charge in [0, 0.05) is 10.2 Å². The first-order valence-corrected chi connectivity index (χ1v) is 6.67. The second kappa shape index (κ2) is 5.88. The third kappa shape index (κ3) is 3.24. The van der Waals surface area contributed by atoms with Crippen LogP contribution in [-0.4, -0.2) is 17.0 Å². The lowest BCUT2D eigenvalue weighted by molar-refractivity contribution is 0.0696. The van der Waals surface area contributed by atoms with Crippen LogP contribution in [0.4, 0.5) is 5.69 Å². The summed E-state index contributed by atoms with van der Waals surface area (Å²) in [6.07, 6.45) is 0. The normalized spacial score (nSPS) is 10.1. The highest BCUT2D eigenvalue weighted by molar-refractivity contribution is 9.10. The summed E-state index contributed by atoms with van der Waals surface area (Å²) < 4.78 is 0.699. The molecule has 2 rings (SSSR count). The molecule has 0 spiro atoms. The molecule has 2 N–H and O–H groups in total. The first-order chi connectivity index (χ1) is 9.47. The van der Waals surface area contributed by atoms with E-state index in [4.69, 9.17) is 5.11 Å². The summed E-state index contributed by atoms with van der Waals surface area (Å²) in [6, 6.07) is 11.5. The van der Waals surface area contributed by atoms with Gasteiger partial charge in [0.25, 0.3) is 5.91 Å². The van der Waals surface area contributed by atoms with Gasteiger partial charge in [-0.15, -0.1) is 0 Å². The fraction of sp³-hybridized carbons (Fsp3) is 0.0667. The Bertz CT molecular complexity index is 683. The molecule has 0 aromatic heterocycles. The summed E-state index contributed by atoms with van der Waals surface area (Å²) in [5, 5.41) is 11.6. The summed E-state index contributed by atoms with van der Waals surface area (Å²) >= 11 is 3.34. The van der Waals surface area contributed by atoms with Crippen molar-refractivity contribution in [3.05, 3.63) is 63.6 Å². The minimum atomic E-state index is -1.03. The average molecular weight is 334 g/mol. The van der Waals surface area contributed by atoms with Gasteiger partial charge in [-0.2, -0.15) is 0 Å². The van der Waals surface area contributed by atoms with Crippen molar-refractivity contribution in [2.75, 3.05) is 5.32 Å². The van der Waals surface area contributed by atoms with Crippen LogP contribution in [0.2, 0.25) is 0 Å². The number of carbonyl (C=O) groups excluding carboxylic acids is 1. The van der Waals surface area contributed by atoms with Gasteiger partial charge in [-0.3, -0.25) is 4.79 Å². The number of carboxylic acid groups (broad SMARTS) is 1. The van der Waals surface area contributed by atoms with E-state index in [1.165, 1.54) is 12.1 Å². The van der Waals surface area contributed by atoms with Crippen molar-refractivity contribution in [2.45, 2.75) is 6.92 Å². The Labute approximate surface area is 124 Å². The van der Waals surface area contributed by atoms with Crippen LogP contribution in [0.25, 0.3) is 0 Å². The highest BCUT2D eigenvalue weighted by Crippen LogP contribution is 2.20. The number of aromatic carboxylic acids is 1. The minimum absolute atomic E-state index is 0.130. The van der Waals surface area contributed by atoms with Crippen molar-refractivity contribution in [3.63, 3.8) is 0 Å². The molecule has 0 saturated heterocycles. The number of anilines is 1. The van der Waals surface area contributed by atoms with Crippen molar-refractivity contribution >= 4 is 33.5 Å². The highest BCUT2D eigenvalue weighted by atomic mass is 79.9. The summed E-state index contributed by atoms with van der Waals surface area (Å²) in [7, 11) is 0. The zero-order valence-corrected chi connectivity index (χ0v) is 12.3. The Balaban J connectivity index is 2.23. The number of halogens is 1. The van der Waals surface area contributed by atoms with E-state index < -0.39 is 5.97 Å². The molecule has 0 aliphatic rings. The van der Waals surface area contributed by atoms with Gasteiger partial charge >= 0.3 is 5.97 Å². The SMILES string of the molecule is Cc1ccc(C(=O)Nc2cccc(C(=O)O)c2)c(Br)c1. The number of nitrogens with one attached hydrogen (secondary N) is 1. The zero-order valence-electron chi connectivity index (χ0n) is 10.7. The van der Waals surface area contributed by atoms with Crippen molar-refractivity contribution in [1.82, 2.24) is 0 Å². The summed E-state index contributed by atoms with van der Waals surface area (Å²) in [5.74, 6) is -1.32. The molecule has 0 aliphatic heterocycles. The molecule has 0 unspecified atom stereocenters. The molecule has 0 heterocycles. The molecular weight excluding hydrogens is 322 g/mol. The lowest BCUT2D eigenvalue weighted by Gasteiger charge is -2.08. The topological polar surface area (TPSA) is 66.4 Å². The van der Waals surface area contributed by atoms with Crippen molar-refractivity contribution in [1.29, 1.82) is 0 Å². The van der Waals surface area contributed by atoms with Crippen LogP contribution in [0.5, 0.6) is 0 Å². The third-order valence-electron chi connectivity index (χ3n) is 2.74. The molecule has 0 saturated carbocycles. The van der Waals surface area contributed by atoms with Crippen molar-refractivity contribution in [2.24, 2.45) is 0 Å². The Morgan fingerprint density at radius 3 is 2.55 bits per heavy atom. The van der Waals surface area contributed by atoms with Gasteiger partial charge in [0.1, 0.15) is 0 Å². The van der Waals surface area contributed by atoms with Gasteiger partial charge in [0.15, 0.2) is 0 Å². The zero-order chi connectivity index (χ0) is 14.7. The molecule has 20 heavy (non-hydrogen) atoms. The maximum absolute atomic E-state index is 12.1. The molecule has 0 bridgehead atoms. The first-order valence-electron chi connectivity index (χ1n) is 5.88. The van der Waals surface area contributed by atoms with Crippen LogP contribution in [0, 0.1) is 6.92 Å². The van der Waals surface area contributed by atoms with E-state index in [0.29, 0.717) is 15.7 Å². The number of amides is 1. The molecule has 1 amide bonds. The largest absolute Gasteiger partial charge is 0.478 e. The highest BCUT2D eigenvalue weighted by Gasteiger charge is 2.11. The summed E-state index contributed by atoms with van der Waals surface area (Å²) in [5.41, 5.74) is 2.12. The number of hydrogen-bond donors (Lipinski definition) is 2. The number of carboxylic acids is 1. The maximum atomic E-state index is 12.1. The lowest BCUT2D eigenvalue weighted by atomic mass is 10.1. The van der Waals surface area contributed by atoms with Gasteiger partial charge in [-0.05, 0) is 58.7 Å². The van der Waals surface area contributed by atoms with E-state index >= 15 is 0 Å². The molecule has 102 valence electrons. The second-order valence-corrected chi connectivity index (χ2v) is 5.18. The fourth-order valence-electron chi connectivity index (χ4n) is 1.73. The lowest BCUT2D eigenvalue weighted by Crippen LogP contribution is -2.13. The van der Waals surface area contributed by atoms with Crippen LogP contribution in [0.15, 0.2) is 46.9 Å². The molecule has 4 nitrogen and oxygen atoms in total. The van der Waals surface area contributed by atoms with Crippen LogP contribution < -0.4 is 5.32 Å².